The van der Waals surface area contributed by atoms with Crippen molar-refractivity contribution >= 4 is 11.9 Å². The van der Waals surface area contributed by atoms with Crippen molar-refractivity contribution in [2.24, 2.45) is 0 Å². The molecule has 5 atom stereocenters. The number of carboxylic acid groups (broad SMARTS) is 2. The van der Waals surface area contributed by atoms with Crippen molar-refractivity contribution in [2.45, 2.75) is 143 Å². The quantitative estimate of drug-likeness (QED) is 0.0897. The summed E-state index contributed by atoms with van der Waals surface area (Å²) in [6, 6.07) is 0.871. The first-order valence-electron chi connectivity index (χ1n) is 14.3. The van der Waals surface area contributed by atoms with Crippen LogP contribution in [0.1, 0.15) is 89.0 Å². The van der Waals surface area contributed by atoms with Gasteiger partial charge in [-0.25, -0.2) is 0 Å². The van der Waals surface area contributed by atoms with E-state index in [9.17, 15) is 9.59 Å². The number of hydrogen-bond donors (Lipinski definition) is 8. The van der Waals surface area contributed by atoms with E-state index in [0.29, 0.717) is 24.5 Å². The SMILES string of the molecule is C.C=[C-]C(NC(C)C)[C@@H](C)O.C=[C-][C@H](CC(=O)O)NC(C)C.C=[C-][C@H](CCC(=O)O)NC(C)C.C=[C-][C@H](CO)NC(C)C.[Y].[Y].[Y].[Y].[Y].[Y].[Y].[Y]. The van der Waals surface area contributed by atoms with Crippen molar-refractivity contribution < 1.29 is 292 Å². The first kappa shape index (κ1) is 92.7. The van der Waals surface area contributed by atoms with Crippen molar-refractivity contribution in [3.8, 4) is 0 Å². The van der Waals surface area contributed by atoms with Gasteiger partial charge in [0.15, 0.2) is 0 Å². The number of aliphatic hydroxyl groups is 2. The Morgan fingerprint density at radius 2 is 0.863 bits per heavy atom. The number of nitrogens with one attached hydrogen (secondary N) is 4. The van der Waals surface area contributed by atoms with Gasteiger partial charge in [-0.2, -0.15) is 0 Å². The van der Waals surface area contributed by atoms with E-state index in [-0.39, 0.29) is 319 Å². The Labute approximate surface area is 514 Å². The van der Waals surface area contributed by atoms with Crippen molar-refractivity contribution in [2.75, 3.05) is 6.61 Å². The molecule has 18 heteroatoms. The Morgan fingerprint density at radius 3 is 1.04 bits per heavy atom. The Balaban J connectivity index is -0.0000000325. The minimum absolute atomic E-state index is 0. The summed E-state index contributed by atoms with van der Waals surface area (Å²) in [5.41, 5.74) is 0. The fraction of sp³-hybridized carbons (Fsp3) is 0.697. The average molecular weight is 1320 g/mol. The van der Waals surface area contributed by atoms with Crippen LogP contribution in [0.4, 0.5) is 0 Å². The summed E-state index contributed by atoms with van der Waals surface area (Å²) in [6.07, 6.45) is 11.1. The molecule has 0 aromatic rings. The van der Waals surface area contributed by atoms with Gasteiger partial charge in [-0.1, -0.05) is 75.3 Å². The molecule has 0 aliphatic rings. The topological polar surface area (TPSA) is 163 Å². The summed E-state index contributed by atoms with van der Waals surface area (Å²) in [5, 5.41) is 46.9. The second-order valence-electron chi connectivity index (χ2n) is 10.7. The molecule has 0 bridgehead atoms. The Kier molecular flexibility index (Phi) is 119. The van der Waals surface area contributed by atoms with Crippen LogP contribution >= 0.6 is 0 Å². The van der Waals surface area contributed by atoms with Gasteiger partial charge in [0.2, 0.25) is 0 Å². The van der Waals surface area contributed by atoms with Crippen LogP contribution in [0.5, 0.6) is 0 Å². The normalized spacial score (nSPS) is 11.6. The van der Waals surface area contributed by atoms with Crippen LogP contribution in [0, 0.1) is 24.3 Å². The van der Waals surface area contributed by atoms with E-state index in [4.69, 9.17) is 20.4 Å². The molecular weight excluding hydrogens is 1260 g/mol. The summed E-state index contributed by atoms with van der Waals surface area (Å²) in [5.74, 6) is -1.61. The van der Waals surface area contributed by atoms with Crippen LogP contribution in [-0.2, 0) is 271 Å². The molecule has 280 valence electrons. The molecular formula is C33H64N4O6Y8-4. The third-order valence-corrected chi connectivity index (χ3v) is 4.77. The molecule has 0 aromatic heterocycles. The molecule has 0 saturated heterocycles. The molecule has 0 heterocycles. The van der Waals surface area contributed by atoms with Gasteiger partial charge < -0.3 is 66.0 Å². The maximum Gasteiger partial charge on any atom is 0.303 e. The Hall–Kier alpha value is 6.49. The van der Waals surface area contributed by atoms with Gasteiger partial charge in [0.05, 0.1) is 0 Å². The molecule has 0 fully saturated rings. The molecule has 1 unspecified atom stereocenters. The molecule has 0 aromatic carbocycles. The van der Waals surface area contributed by atoms with Crippen LogP contribution in [0.15, 0.2) is 26.3 Å². The van der Waals surface area contributed by atoms with Crippen LogP contribution in [0.3, 0.4) is 0 Å². The van der Waals surface area contributed by atoms with Gasteiger partial charge in [-0.15, -0.1) is 18.1 Å². The molecule has 0 amide bonds. The van der Waals surface area contributed by atoms with Crippen LogP contribution in [0.2, 0.25) is 0 Å². The maximum atomic E-state index is 10.2. The summed E-state index contributed by atoms with van der Waals surface area (Å²) >= 11 is 0. The Bertz CT molecular complexity index is 743. The van der Waals surface area contributed by atoms with E-state index in [1.807, 2.05) is 55.4 Å². The zero-order valence-corrected chi connectivity index (χ0v) is 54.8. The fourth-order valence-electron chi connectivity index (χ4n) is 2.99. The zero-order chi connectivity index (χ0) is 33.8. The summed E-state index contributed by atoms with van der Waals surface area (Å²) in [6.45, 7) is 31.6. The van der Waals surface area contributed by atoms with Gasteiger partial charge in [0.1, 0.15) is 0 Å². The summed E-state index contributed by atoms with van der Waals surface area (Å²) in [4.78, 5) is 20.5. The van der Waals surface area contributed by atoms with Gasteiger partial charge in [0, 0.05) is 287 Å². The molecule has 0 spiro atoms. The average Bonchev–Trinajstić information content (AvgIpc) is 2.87. The van der Waals surface area contributed by atoms with Crippen LogP contribution in [-0.4, -0.2) is 93.4 Å². The number of aliphatic carboxylic acids is 2. The molecule has 0 saturated carbocycles. The first-order chi connectivity index (χ1) is 19.4. The number of aliphatic hydroxyl groups excluding tert-OH is 2. The van der Waals surface area contributed by atoms with E-state index in [2.05, 4.69) is 71.9 Å². The van der Waals surface area contributed by atoms with Crippen molar-refractivity contribution in [1.29, 1.82) is 0 Å². The zero-order valence-electron chi connectivity index (χ0n) is 32.1. The second-order valence-corrected chi connectivity index (χ2v) is 10.7. The third kappa shape index (κ3) is 81.1. The second kappa shape index (κ2) is 65.6. The molecule has 8 radical (unpaired) electrons. The van der Waals surface area contributed by atoms with E-state index >= 15 is 0 Å². The fourth-order valence-corrected chi connectivity index (χ4v) is 2.99. The standard InChI is InChI=1S/C9H16NO2.C8H14NO2.C8H16NO.C7H14NO.CH4.8Y/c1-4-8(10-7(2)3)5-6-9(11)12;1-4-7(5-8(10)11)9-6(2)3;1-5-8(7(4)10)9-6(2)3;1-4-7(5-9)8-6(2)3;;;;;;;;;/h7-8,10H,1,5-6H2,2-3H3,(H,11,12);6-7,9H,1,5H2,2-3H3,(H,10,11);6-10H,1H2,2-4H3;6-9H,1,5H2,2-3H3;1H4;;;;;;;;/q4*-1;;;;;;;;;/t8-;7-;7-,8?;7-;;;;;;;;;/m1111........./s1. The smallest absolute Gasteiger partial charge is 0.303 e. The predicted octanol–water partition coefficient (Wildman–Crippen LogP) is 3.70. The molecule has 0 aliphatic carbocycles. The van der Waals surface area contributed by atoms with Gasteiger partial charge in [-0.3, -0.25) is 35.9 Å². The summed E-state index contributed by atoms with van der Waals surface area (Å²) < 4.78 is 0. The van der Waals surface area contributed by atoms with Gasteiger partial charge >= 0.3 is 11.9 Å². The van der Waals surface area contributed by atoms with Gasteiger partial charge in [-0.05, 0) is 31.1 Å². The minimum atomic E-state index is -0.834. The molecule has 51 heavy (non-hydrogen) atoms. The number of rotatable bonds is 19. The first-order valence-corrected chi connectivity index (χ1v) is 14.3. The third-order valence-electron chi connectivity index (χ3n) is 4.77. The van der Waals surface area contributed by atoms with Crippen LogP contribution < -0.4 is 21.3 Å². The van der Waals surface area contributed by atoms with E-state index in [1.54, 1.807) is 6.92 Å². The monoisotopic (exact) mass is 1320 g/mol. The minimum Gasteiger partial charge on any atom is -0.486 e. The van der Waals surface area contributed by atoms with Crippen LogP contribution in [0.25, 0.3) is 0 Å². The molecule has 0 rings (SSSR count). The largest absolute Gasteiger partial charge is 0.486 e. The van der Waals surface area contributed by atoms with E-state index < -0.39 is 18.0 Å². The van der Waals surface area contributed by atoms with E-state index in [0.717, 1.165) is 0 Å². The number of carboxylic acids is 2. The maximum absolute atomic E-state index is 10.2. The number of carbonyl (C=O) groups is 2. The van der Waals surface area contributed by atoms with Crippen molar-refractivity contribution in [1.82, 2.24) is 21.3 Å². The number of hydrogen-bond acceptors (Lipinski definition) is 8. The molecule has 0 aliphatic heterocycles. The van der Waals surface area contributed by atoms with Crippen molar-refractivity contribution in [3.63, 3.8) is 0 Å². The van der Waals surface area contributed by atoms with E-state index in [1.165, 1.54) is 0 Å². The summed E-state index contributed by atoms with van der Waals surface area (Å²) in [7, 11) is 0. The Morgan fingerprint density at radius 1 is 0.549 bits per heavy atom. The molecule has 8 N–H and O–H groups in total. The predicted molar refractivity (Wildman–Crippen MR) is 178 cm³/mol. The van der Waals surface area contributed by atoms with Gasteiger partial charge in [0.25, 0.3) is 0 Å². The van der Waals surface area contributed by atoms with Crippen molar-refractivity contribution in [3.05, 3.63) is 50.6 Å². The molecule has 10 nitrogen and oxygen atoms in total.